The van der Waals surface area contributed by atoms with E-state index in [1.165, 1.54) is 21.8 Å². The van der Waals surface area contributed by atoms with Crippen LogP contribution in [-0.4, -0.2) is 64.8 Å². The Hall–Kier alpha value is -1.61. The smallest absolute Gasteiger partial charge is 0.410 e. The van der Waals surface area contributed by atoms with Gasteiger partial charge in [-0.15, -0.1) is 0 Å². The van der Waals surface area contributed by atoms with Crippen molar-refractivity contribution in [3.63, 3.8) is 0 Å². The number of fused-ring (bicyclic) bond motifs is 3. The Morgan fingerprint density at radius 2 is 1.50 bits per heavy atom. The first kappa shape index (κ1) is 23.5. The molecule has 1 amide bonds. The van der Waals surface area contributed by atoms with Gasteiger partial charge in [-0.3, -0.25) is 4.90 Å². The van der Waals surface area contributed by atoms with Gasteiger partial charge in [-0.1, -0.05) is 31.9 Å². The van der Waals surface area contributed by atoms with Gasteiger partial charge in [0, 0.05) is 76.1 Å². The molecule has 2 N–H and O–H groups in total. The van der Waals surface area contributed by atoms with Gasteiger partial charge < -0.3 is 19.9 Å². The minimum Gasteiger partial charge on any atom is -0.444 e. The Balaban J connectivity index is 1.44. The zero-order valence-corrected chi connectivity index (χ0v) is 21.9. The number of carbonyl (C=O) groups is 1. The maximum absolute atomic E-state index is 12.3. The molecule has 3 aromatic rings. The molecule has 2 heterocycles. The molecule has 1 aliphatic heterocycles. The number of halogens is 2. The van der Waals surface area contributed by atoms with Crippen molar-refractivity contribution in [2.24, 2.45) is 5.73 Å². The Bertz CT molecular complexity index is 1070. The van der Waals surface area contributed by atoms with Gasteiger partial charge in [-0.25, -0.2) is 4.79 Å². The van der Waals surface area contributed by atoms with Crippen molar-refractivity contribution >= 4 is 59.8 Å². The predicted octanol–water partition coefficient (Wildman–Crippen LogP) is 5.20. The zero-order valence-electron chi connectivity index (χ0n) is 18.8. The third kappa shape index (κ3) is 5.30. The summed E-state index contributed by atoms with van der Waals surface area (Å²) in [5, 5.41) is 2.43. The van der Waals surface area contributed by atoms with Crippen LogP contribution in [0, 0.1) is 0 Å². The molecule has 32 heavy (non-hydrogen) atoms. The summed E-state index contributed by atoms with van der Waals surface area (Å²) in [6.45, 7) is 10.1. The first-order valence-corrected chi connectivity index (χ1v) is 12.5. The van der Waals surface area contributed by atoms with Crippen LogP contribution in [0.5, 0.6) is 0 Å². The number of piperazine rings is 1. The summed E-state index contributed by atoms with van der Waals surface area (Å²) in [7, 11) is 0. The van der Waals surface area contributed by atoms with E-state index in [1.54, 1.807) is 4.90 Å². The molecule has 2 aromatic carbocycles. The third-order valence-electron chi connectivity index (χ3n) is 5.72. The lowest BCUT2D eigenvalue weighted by Gasteiger charge is -2.36. The second-order valence-corrected chi connectivity index (χ2v) is 11.3. The molecule has 0 bridgehead atoms. The molecule has 0 radical (unpaired) electrons. The average molecular weight is 566 g/mol. The molecule has 6 nitrogen and oxygen atoms in total. The van der Waals surface area contributed by atoms with Crippen LogP contribution in [-0.2, 0) is 11.3 Å². The second kappa shape index (κ2) is 9.33. The Labute approximate surface area is 205 Å². The maximum Gasteiger partial charge on any atom is 0.410 e. The molecule has 8 heteroatoms. The van der Waals surface area contributed by atoms with Gasteiger partial charge in [0.1, 0.15) is 5.60 Å². The first-order valence-electron chi connectivity index (χ1n) is 10.9. The number of ether oxygens (including phenoxy) is 1. The first-order chi connectivity index (χ1) is 15.1. The van der Waals surface area contributed by atoms with Gasteiger partial charge in [0.05, 0.1) is 0 Å². The van der Waals surface area contributed by atoms with Gasteiger partial charge in [0.15, 0.2) is 0 Å². The zero-order chi connectivity index (χ0) is 23.0. The molecule has 1 aliphatic rings. The van der Waals surface area contributed by atoms with Gasteiger partial charge in [0.25, 0.3) is 0 Å². The van der Waals surface area contributed by atoms with Crippen molar-refractivity contribution in [2.45, 2.75) is 39.0 Å². The van der Waals surface area contributed by atoms with Gasteiger partial charge >= 0.3 is 6.09 Å². The van der Waals surface area contributed by atoms with E-state index in [4.69, 9.17) is 10.5 Å². The molecule has 4 rings (SSSR count). The molecule has 1 aromatic heterocycles. The van der Waals surface area contributed by atoms with Crippen LogP contribution in [0.3, 0.4) is 0 Å². The molecule has 1 fully saturated rings. The number of nitrogens with zero attached hydrogens (tertiary/aromatic N) is 3. The highest BCUT2D eigenvalue weighted by molar-refractivity contribution is 9.10. The molecule has 172 valence electrons. The van der Waals surface area contributed by atoms with E-state index >= 15 is 0 Å². The fourth-order valence-electron chi connectivity index (χ4n) is 4.31. The van der Waals surface area contributed by atoms with Gasteiger partial charge in [0.2, 0.25) is 0 Å². The quantitative estimate of drug-likeness (QED) is 0.472. The number of aromatic nitrogens is 1. The van der Waals surface area contributed by atoms with E-state index in [-0.39, 0.29) is 12.1 Å². The highest BCUT2D eigenvalue weighted by atomic mass is 79.9. The molecule has 0 spiro atoms. The van der Waals surface area contributed by atoms with Crippen molar-refractivity contribution in [1.82, 2.24) is 14.4 Å². The average Bonchev–Trinajstić information content (AvgIpc) is 2.99. The number of nitrogens with two attached hydrogens (primary N) is 1. The third-order valence-corrected chi connectivity index (χ3v) is 6.71. The molecule has 0 aliphatic carbocycles. The monoisotopic (exact) mass is 564 g/mol. The van der Waals surface area contributed by atoms with Gasteiger partial charge in [-0.05, 0) is 57.2 Å². The van der Waals surface area contributed by atoms with Crippen LogP contribution in [0.2, 0.25) is 0 Å². The number of hydrogen-bond donors (Lipinski definition) is 1. The topological polar surface area (TPSA) is 63.7 Å². The fraction of sp³-hybridized carbons (Fsp3) is 0.458. The van der Waals surface area contributed by atoms with Crippen molar-refractivity contribution < 1.29 is 9.53 Å². The van der Waals surface area contributed by atoms with Crippen LogP contribution in [0.25, 0.3) is 21.8 Å². The van der Waals surface area contributed by atoms with E-state index < -0.39 is 5.60 Å². The standard InChI is InChI=1S/C24H30Br2N4O2/c1-24(2,3)32-23(31)29-10-8-28(9-11-29)14-18(27)15-30-21-6-4-16(25)12-19(21)20-13-17(26)5-7-22(20)30/h4-7,12-13,18H,8-11,14-15,27H2,1-3H3. The van der Waals surface area contributed by atoms with Crippen molar-refractivity contribution in [2.75, 3.05) is 32.7 Å². The van der Waals surface area contributed by atoms with Crippen LogP contribution >= 0.6 is 31.9 Å². The largest absolute Gasteiger partial charge is 0.444 e. The van der Waals surface area contributed by atoms with E-state index in [0.717, 1.165) is 35.1 Å². The number of carbonyl (C=O) groups excluding carboxylic acids is 1. The van der Waals surface area contributed by atoms with E-state index in [9.17, 15) is 4.79 Å². The normalized spacial score (nSPS) is 16.6. The van der Waals surface area contributed by atoms with Gasteiger partial charge in [-0.2, -0.15) is 0 Å². The lowest BCUT2D eigenvalue weighted by Crippen LogP contribution is -2.52. The summed E-state index contributed by atoms with van der Waals surface area (Å²) >= 11 is 7.21. The summed E-state index contributed by atoms with van der Waals surface area (Å²) < 4.78 is 9.95. The predicted molar refractivity (Wildman–Crippen MR) is 137 cm³/mol. The summed E-state index contributed by atoms with van der Waals surface area (Å²) in [5.74, 6) is 0. The molecular weight excluding hydrogens is 536 g/mol. The number of benzene rings is 2. The molecule has 1 saturated heterocycles. The fourth-order valence-corrected chi connectivity index (χ4v) is 5.03. The summed E-state index contributed by atoms with van der Waals surface area (Å²) in [4.78, 5) is 16.4. The van der Waals surface area contributed by atoms with E-state index in [1.807, 2.05) is 20.8 Å². The SMILES string of the molecule is CC(C)(C)OC(=O)N1CCN(CC(N)Cn2c3ccc(Br)cc3c3cc(Br)ccc32)CC1. The summed E-state index contributed by atoms with van der Waals surface area (Å²) in [6.07, 6.45) is -0.232. The number of rotatable bonds is 4. The maximum atomic E-state index is 12.3. The lowest BCUT2D eigenvalue weighted by molar-refractivity contribution is 0.0140. The Kier molecular flexibility index (Phi) is 6.86. The van der Waals surface area contributed by atoms with Crippen molar-refractivity contribution in [3.05, 3.63) is 45.3 Å². The van der Waals surface area contributed by atoms with Crippen LogP contribution in [0.15, 0.2) is 45.3 Å². The van der Waals surface area contributed by atoms with Crippen molar-refractivity contribution in [1.29, 1.82) is 0 Å². The molecule has 1 atom stereocenters. The lowest BCUT2D eigenvalue weighted by atomic mass is 10.2. The Morgan fingerprint density at radius 3 is 2.00 bits per heavy atom. The minimum atomic E-state index is -0.468. The number of amides is 1. The highest BCUT2D eigenvalue weighted by Gasteiger charge is 2.26. The highest BCUT2D eigenvalue weighted by Crippen LogP contribution is 2.33. The van der Waals surface area contributed by atoms with E-state index in [0.29, 0.717) is 13.1 Å². The molecule has 0 saturated carbocycles. The molecular formula is C24H30Br2N4O2. The summed E-state index contributed by atoms with van der Waals surface area (Å²) in [6, 6.07) is 12.8. The van der Waals surface area contributed by atoms with Crippen LogP contribution < -0.4 is 5.73 Å². The van der Waals surface area contributed by atoms with Crippen LogP contribution in [0.4, 0.5) is 4.79 Å². The summed E-state index contributed by atoms with van der Waals surface area (Å²) in [5.41, 5.74) is 8.53. The van der Waals surface area contributed by atoms with E-state index in [2.05, 4.69) is 77.7 Å². The molecule has 1 unspecified atom stereocenters. The Morgan fingerprint density at radius 1 is 0.969 bits per heavy atom. The second-order valence-electron chi connectivity index (χ2n) is 9.46. The minimum absolute atomic E-state index is 0.0193. The van der Waals surface area contributed by atoms with Crippen molar-refractivity contribution in [3.8, 4) is 0 Å². The van der Waals surface area contributed by atoms with Crippen LogP contribution in [0.1, 0.15) is 20.8 Å². The number of hydrogen-bond acceptors (Lipinski definition) is 4.